The molecule has 0 saturated heterocycles. The molecule has 0 saturated carbocycles. The van der Waals surface area contributed by atoms with Gasteiger partial charge in [-0.3, -0.25) is 10.1 Å². The number of benzene rings is 1. The molecule has 0 spiro atoms. The fourth-order valence-electron chi connectivity index (χ4n) is 2.46. The Morgan fingerprint density at radius 3 is 2.68 bits per heavy atom. The normalized spacial score (nSPS) is 11.0. The van der Waals surface area contributed by atoms with Crippen molar-refractivity contribution in [2.45, 2.75) is 13.8 Å². The highest BCUT2D eigenvalue weighted by atomic mass is 32.1. The summed E-state index contributed by atoms with van der Waals surface area (Å²) < 4.78 is 1.54. The summed E-state index contributed by atoms with van der Waals surface area (Å²) in [5.41, 5.74) is 2.80. The molecule has 1 aromatic carbocycles. The number of fused-ring (bicyclic) bond motifs is 1. The summed E-state index contributed by atoms with van der Waals surface area (Å²) in [4.78, 5) is 26.2. The van der Waals surface area contributed by atoms with Gasteiger partial charge in [0.1, 0.15) is 0 Å². The highest BCUT2D eigenvalue weighted by Crippen LogP contribution is 2.32. The molecule has 0 aliphatic heterocycles. The number of nitrogens with zero attached hydrogens (tertiary/aromatic N) is 5. The Morgan fingerprint density at radius 2 is 1.92 bits per heavy atom. The first kappa shape index (κ1) is 15.4. The summed E-state index contributed by atoms with van der Waals surface area (Å²) in [6, 6.07) is 11.8. The fourth-order valence-corrected chi connectivity index (χ4v) is 3.43. The van der Waals surface area contributed by atoms with Crippen molar-refractivity contribution in [2.75, 3.05) is 5.32 Å². The number of anilines is 1. The van der Waals surface area contributed by atoms with Crippen LogP contribution in [0, 0.1) is 13.8 Å². The zero-order chi connectivity index (χ0) is 17.4. The Morgan fingerprint density at radius 1 is 1.12 bits per heavy atom. The van der Waals surface area contributed by atoms with E-state index in [1.807, 2.05) is 44.2 Å². The maximum atomic E-state index is 12.4. The molecule has 1 amide bonds. The van der Waals surface area contributed by atoms with Gasteiger partial charge in [0.2, 0.25) is 5.82 Å². The molecule has 0 radical (unpaired) electrons. The first-order valence-electron chi connectivity index (χ1n) is 7.64. The lowest BCUT2D eigenvalue weighted by Gasteiger charge is -1.97. The van der Waals surface area contributed by atoms with E-state index in [9.17, 15) is 4.79 Å². The van der Waals surface area contributed by atoms with Crippen LogP contribution in [0.2, 0.25) is 0 Å². The number of nitrogens with one attached hydrogen (secondary N) is 1. The van der Waals surface area contributed by atoms with Crippen LogP contribution in [0.5, 0.6) is 0 Å². The Labute approximate surface area is 147 Å². The second-order valence-corrected chi connectivity index (χ2v) is 6.49. The number of amides is 1. The first-order valence-corrected chi connectivity index (χ1v) is 8.46. The van der Waals surface area contributed by atoms with Crippen molar-refractivity contribution < 1.29 is 4.79 Å². The number of thiazole rings is 1. The minimum atomic E-state index is -0.404. The molecule has 0 fully saturated rings. The van der Waals surface area contributed by atoms with Gasteiger partial charge in [-0.2, -0.15) is 4.98 Å². The van der Waals surface area contributed by atoms with E-state index in [-0.39, 0.29) is 5.82 Å². The average Bonchev–Trinajstić information content (AvgIpc) is 3.20. The third-order valence-electron chi connectivity index (χ3n) is 3.69. The summed E-state index contributed by atoms with van der Waals surface area (Å²) in [6.45, 7) is 3.80. The minimum absolute atomic E-state index is 0.0657. The molecule has 3 aromatic heterocycles. The van der Waals surface area contributed by atoms with E-state index in [4.69, 9.17) is 0 Å². The predicted molar refractivity (Wildman–Crippen MR) is 95.8 cm³/mol. The molecule has 3 heterocycles. The summed E-state index contributed by atoms with van der Waals surface area (Å²) in [5.74, 6) is 0.0552. The van der Waals surface area contributed by atoms with Crippen LogP contribution in [0.25, 0.3) is 16.2 Å². The Kier molecular flexibility index (Phi) is 3.73. The van der Waals surface area contributed by atoms with Crippen molar-refractivity contribution in [3.63, 3.8) is 0 Å². The minimum Gasteiger partial charge on any atom is -0.295 e. The lowest BCUT2D eigenvalue weighted by atomic mass is 10.2. The van der Waals surface area contributed by atoms with E-state index in [1.54, 1.807) is 12.3 Å². The van der Waals surface area contributed by atoms with E-state index in [1.165, 1.54) is 15.9 Å². The number of hydrogen-bond acceptors (Lipinski definition) is 6. The second-order valence-electron chi connectivity index (χ2n) is 5.49. The SMILES string of the molecule is Cc1nc(NC(=O)c2nc3nccc(C)n3n2)sc1-c1ccccc1. The summed E-state index contributed by atoms with van der Waals surface area (Å²) >= 11 is 1.42. The van der Waals surface area contributed by atoms with E-state index in [0.717, 1.165) is 21.8 Å². The van der Waals surface area contributed by atoms with Gasteiger partial charge in [-0.05, 0) is 25.5 Å². The number of rotatable bonds is 3. The largest absolute Gasteiger partial charge is 0.297 e. The zero-order valence-corrected chi connectivity index (χ0v) is 14.4. The van der Waals surface area contributed by atoms with Crippen LogP contribution < -0.4 is 5.32 Å². The summed E-state index contributed by atoms with van der Waals surface area (Å²) in [6.07, 6.45) is 1.64. The van der Waals surface area contributed by atoms with Crippen LogP contribution in [0.15, 0.2) is 42.6 Å². The molecule has 0 bridgehead atoms. The number of carbonyl (C=O) groups is 1. The molecule has 0 atom stereocenters. The Balaban J connectivity index is 1.61. The topological polar surface area (TPSA) is 85.1 Å². The third kappa shape index (κ3) is 2.87. The number of aryl methyl sites for hydroxylation is 2. The summed E-state index contributed by atoms with van der Waals surface area (Å²) in [7, 11) is 0. The molecule has 124 valence electrons. The number of carbonyl (C=O) groups excluding carboxylic acids is 1. The van der Waals surface area contributed by atoms with Crippen molar-refractivity contribution >= 4 is 28.2 Å². The van der Waals surface area contributed by atoms with Crippen LogP contribution in [0.4, 0.5) is 5.13 Å². The van der Waals surface area contributed by atoms with Gasteiger partial charge in [-0.1, -0.05) is 41.7 Å². The average molecular weight is 350 g/mol. The molecule has 1 N–H and O–H groups in total. The van der Waals surface area contributed by atoms with Crippen molar-refractivity contribution in [1.29, 1.82) is 0 Å². The van der Waals surface area contributed by atoms with E-state index in [2.05, 4.69) is 25.4 Å². The molecule has 0 aliphatic rings. The zero-order valence-electron chi connectivity index (χ0n) is 13.6. The van der Waals surface area contributed by atoms with Crippen molar-refractivity contribution in [1.82, 2.24) is 24.6 Å². The van der Waals surface area contributed by atoms with Gasteiger partial charge in [-0.25, -0.2) is 14.5 Å². The quantitative estimate of drug-likeness (QED) is 0.613. The predicted octanol–water partition coefficient (Wildman–Crippen LogP) is 3.12. The molecule has 0 unspecified atom stereocenters. The lowest BCUT2D eigenvalue weighted by Crippen LogP contribution is -2.13. The number of hydrogen-bond donors (Lipinski definition) is 1. The van der Waals surface area contributed by atoms with Gasteiger partial charge in [-0.15, -0.1) is 5.10 Å². The standard InChI is InChI=1S/C17H14N6OS/c1-10-8-9-18-16-20-14(22-23(10)16)15(24)21-17-19-11(2)13(25-17)12-6-4-3-5-7-12/h3-9H,1-2H3,(H,19,21,24). The van der Waals surface area contributed by atoms with Gasteiger partial charge in [0.25, 0.3) is 11.7 Å². The monoisotopic (exact) mass is 350 g/mol. The van der Waals surface area contributed by atoms with Crippen LogP contribution >= 0.6 is 11.3 Å². The van der Waals surface area contributed by atoms with Crippen LogP contribution in [-0.2, 0) is 0 Å². The van der Waals surface area contributed by atoms with Crippen LogP contribution in [0.1, 0.15) is 22.0 Å². The maximum absolute atomic E-state index is 12.4. The van der Waals surface area contributed by atoms with Crippen LogP contribution in [0.3, 0.4) is 0 Å². The third-order valence-corrected chi connectivity index (χ3v) is 4.81. The molecular formula is C17H14N6OS. The van der Waals surface area contributed by atoms with Crippen molar-refractivity contribution in [3.8, 4) is 10.4 Å². The molecule has 7 nitrogen and oxygen atoms in total. The second kappa shape index (κ2) is 6.06. The van der Waals surface area contributed by atoms with Crippen molar-refractivity contribution in [2.24, 2.45) is 0 Å². The molecular weight excluding hydrogens is 336 g/mol. The van der Waals surface area contributed by atoms with Crippen LogP contribution in [-0.4, -0.2) is 30.5 Å². The molecule has 4 rings (SSSR count). The fraction of sp³-hybridized carbons (Fsp3) is 0.118. The number of aromatic nitrogens is 5. The highest BCUT2D eigenvalue weighted by Gasteiger charge is 2.17. The van der Waals surface area contributed by atoms with E-state index < -0.39 is 5.91 Å². The Hall–Kier alpha value is -3.13. The molecule has 0 aliphatic carbocycles. The van der Waals surface area contributed by atoms with Gasteiger partial charge in [0.15, 0.2) is 5.13 Å². The summed E-state index contributed by atoms with van der Waals surface area (Å²) in [5, 5.41) is 7.49. The lowest BCUT2D eigenvalue weighted by molar-refractivity contribution is 0.101. The van der Waals surface area contributed by atoms with E-state index >= 15 is 0 Å². The van der Waals surface area contributed by atoms with Gasteiger partial charge >= 0.3 is 0 Å². The van der Waals surface area contributed by atoms with Crippen molar-refractivity contribution in [3.05, 3.63) is 59.8 Å². The molecule has 4 aromatic rings. The molecule has 8 heteroatoms. The smallest absolute Gasteiger partial charge is 0.295 e. The van der Waals surface area contributed by atoms with Gasteiger partial charge in [0.05, 0.1) is 10.6 Å². The molecule has 25 heavy (non-hydrogen) atoms. The van der Waals surface area contributed by atoms with Gasteiger partial charge in [0, 0.05) is 11.9 Å². The Bertz CT molecular complexity index is 1070. The first-order chi connectivity index (χ1) is 12.1. The van der Waals surface area contributed by atoms with Gasteiger partial charge < -0.3 is 0 Å². The maximum Gasteiger partial charge on any atom is 0.297 e. The van der Waals surface area contributed by atoms with E-state index in [0.29, 0.717) is 10.9 Å². The highest BCUT2D eigenvalue weighted by molar-refractivity contribution is 7.19.